The van der Waals surface area contributed by atoms with Crippen molar-refractivity contribution in [1.29, 1.82) is 0 Å². The van der Waals surface area contributed by atoms with Gasteiger partial charge in [0.05, 0.1) is 18.8 Å². The van der Waals surface area contributed by atoms with Gasteiger partial charge >= 0.3 is 12.0 Å². The number of likely N-dealkylation sites (tertiary alicyclic amines) is 1. The number of hydrogen-bond donors (Lipinski definition) is 1. The maximum Gasteiger partial charge on any atom is 0.337 e. The Balaban J connectivity index is 1.62. The summed E-state index contributed by atoms with van der Waals surface area (Å²) >= 11 is 0. The second-order valence-electron chi connectivity index (χ2n) is 6.05. The Kier molecular flexibility index (Phi) is 4.81. The molecule has 6 heteroatoms. The van der Waals surface area contributed by atoms with E-state index >= 15 is 0 Å². The average Bonchev–Trinajstić information content (AvgIpc) is 2.60. The van der Waals surface area contributed by atoms with Crippen LogP contribution in [0.25, 0.3) is 0 Å². The zero-order valence-electron chi connectivity index (χ0n) is 13.3. The number of piperidine rings is 1. The third kappa shape index (κ3) is 3.64. The maximum absolute atomic E-state index is 12.5. The van der Waals surface area contributed by atoms with Crippen molar-refractivity contribution in [1.82, 2.24) is 4.90 Å². The predicted molar refractivity (Wildman–Crippen MR) is 85.5 cm³/mol. The molecule has 124 valence electrons. The molecule has 1 N–H and O–H groups in total. The second-order valence-corrected chi connectivity index (χ2v) is 6.05. The van der Waals surface area contributed by atoms with Crippen molar-refractivity contribution in [2.45, 2.75) is 25.4 Å². The monoisotopic (exact) mass is 318 g/mol. The molecule has 0 saturated carbocycles. The van der Waals surface area contributed by atoms with E-state index in [1.54, 1.807) is 24.3 Å². The van der Waals surface area contributed by atoms with Gasteiger partial charge in [-0.1, -0.05) is 6.07 Å². The Morgan fingerprint density at radius 3 is 3.04 bits per heavy atom. The third-order valence-electron chi connectivity index (χ3n) is 4.54. The molecule has 2 unspecified atom stereocenters. The standard InChI is InChI=1S/C17H22N2O4/c1-22-16(20)12-4-2-6-14(10-12)18-17(21)19-8-7-15-13(11-19)5-3-9-23-15/h2,4,6,10,13,15H,3,5,7-9,11H2,1H3,(H,18,21). The largest absolute Gasteiger partial charge is 0.465 e. The smallest absolute Gasteiger partial charge is 0.337 e. The van der Waals surface area contributed by atoms with E-state index in [0.29, 0.717) is 29.8 Å². The number of carbonyl (C=O) groups excluding carboxylic acids is 2. The highest BCUT2D eigenvalue weighted by Gasteiger charge is 2.33. The van der Waals surface area contributed by atoms with Crippen LogP contribution in [0.1, 0.15) is 29.6 Å². The fourth-order valence-electron chi connectivity index (χ4n) is 3.32. The molecule has 2 aliphatic rings. The molecule has 2 aliphatic heterocycles. The van der Waals surface area contributed by atoms with Gasteiger partial charge in [0.2, 0.25) is 0 Å². The van der Waals surface area contributed by atoms with Crippen LogP contribution in [0.5, 0.6) is 0 Å². The normalized spacial score (nSPS) is 23.8. The highest BCUT2D eigenvalue weighted by Crippen LogP contribution is 2.28. The van der Waals surface area contributed by atoms with Crippen LogP contribution in [-0.2, 0) is 9.47 Å². The molecule has 2 atom stereocenters. The highest BCUT2D eigenvalue weighted by atomic mass is 16.5. The number of carbonyl (C=O) groups is 2. The van der Waals surface area contributed by atoms with Crippen LogP contribution in [0.3, 0.4) is 0 Å². The third-order valence-corrected chi connectivity index (χ3v) is 4.54. The second kappa shape index (κ2) is 7.00. The Bertz CT molecular complexity index is 590. The van der Waals surface area contributed by atoms with Gasteiger partial charge in [0.1, 0.15) is 0 Å². The summed E-state index contributed by atoms with van der Waals surface area (Å²) in [6, 6.07) is 6.65. The van der Waals surface area contributed by atoms with Gasteiger partial charge in [-0.05, 0) is 37.5 Å². The van der Waals surface area contributed by atoms with Crippen LogP contribution in [-0.4, -0.2) is 49.8 Å². The zero-order valence-corrected chi connectivity index (χ0v) is 13.3. The molecule has 2 saturated heterocycles. The lowest BCUT2D eigenvalue weighted by Gasteiger charge is -2.40. The molecule has 0 radical (unpaired) electrons. The molecule has 1 aromatic rings. The minimum absolute atomic E-state index is 0.129. The van der Waals surface area contributed by atoms with Gasteiger partial charge in [0.25, 0.3) is 0 Å². The Morgan fingerprint density at radius 1 is 1.35 bits per heavy atom. The van der Waals surface area contributed by atoms with Crippen molar-refractivity contribution in [3.05, 3.63) is 29.8 Å². The van der Waals surface area contributed by atoms with Gasteiger partial charge in [-0.3, -0.25) is 0 Å². The number of amides is 2. The van der Waals surface area contributed by atoms with Gasteiger partial charge < -0.3 is 19.7 Å². The van der Waals surface area contributed by atoms with E-state index in [1.807, 2.05) is 4.90 Å². The molecule has 0 aromatic heterocycles. The highest BCUT2D eigenvalue weighted by molar-refractivity contribution is 5.93. The fraction of sp³-hybridized carbons (Fsp3) is 0.529. The van der Waals surface area contributed by atoms with Gasteiger partial charge in [-0.25, -0.2) is 9.59 Å². The number of hydrogen-bond acceptors (Lipinski definition) is 4. The number of urea groups is 1. The first-order chi connectivity index (χ1) is 11.2. The molecule has 0 aliphatic carbocycles. The van der Waals surface area contributed by atoms with E-state index in [1.165, 1.54) is 7.11 Å². The summed E-state index contributed by atoms with van der Waals surface area (Å²) in [6.07, 6.45) is 3.38. The lowest BCUT2D eigenvalue weighted by atomic mass is 9.89. The molecule has 2 fully saturated rings. The summed E-state index contributed by atoms with van der Waals surface area (Å²) < 4.78 is 10.5. The molecule has 0 spiro atoms. The Hall–Kier alpha value is -2.08. The summed E-state index contributed by atoms with van der Waals surface area (Å²) in [7, 11) is 1.34. The van der Waals surface area contributed by atoms with Crippen LogP contribution in [0.4, 0.5) is 10.5 Å². The number of esters is 1. The molecule has 2 amide bonds. The topological polar surface area (TPSA) is 67.9 Å². The van der Waals surface area contributed by atoms with E-state index in [4.69, 9.17) is 9.47 Å². The Morgan fingerprint density at radius 2 is 2.22 bits per heavy atom. The first kappa shape index (κ1) is 15.8. The summed E-state index contributed by atoms with van der Waals surface area (Å²) in [6.45, 7) is 2.27. The molecule has 23 heavy (non-hydrogen) atoms. The lowest BCUT2D eigenvalue weighted by Crippen LogP contribution is -2.49. The maximum atomic E-state index is 12.5. The minimum atomic E-state index is -0.415. The summed E-state index contributed by atoms with van der Waals surface area (Å²) in [5.74, 6) is 0.0194. The van der Waals surface area contributed by atoms with E-state index in [0.717, 1.165) is 32.4 Å². The quantitative estimate of drug-likeness (QED) is 0.851. The van der Waals surface area contributed by atoms with Gasteiger partial charge in [0.15, 0.2) is 0 Å². The number of methoxy groups -OCH3 is 1. The van der Waals surface area contributed by atoms with Crippen molar-refractivity contribution in [2.75, 3.05) is 32.1 Å². The zero-order chi connectivity index (χ0) is 16.2. The van der Waals surface area contributed by atoms with E-state index in [9.17, 15) is 9.59 Å². The van der Waals surface area contributed by atoms with Crippen LogP contribution >= 0.6 is 0 Å². The number of anilines is 1. The SMILES string of the molecule is COC(=O)c1cccc(NC(=O)N2CCC3OCCCC3C2)c1. The van der Waals surface area contributed by atoms with Crippen LogP contribution in [0.15, 0.2) is 24.3 Å². The van der Waals surface area contributed by atoms with Crippen molar-refractivity contribution < 1.29 is 19.1 Å². The minimum Gasteiger partial charge on any atom is -0.465 e. The predicted octanol–water partition coefficient (Wildman–Crippen LogP) is 2.51. The van der Waals surface area contributed by atoms with Crippen molar-refractivity contribution in [3.63, 3.8) is 0 Å². The van der Waals surface area contributed by atoms with Gasteiger partial charge in [-0.2, -0.15) is 0 Å². The van der Waals surface area contributed by atoms with E-state index in [2.05, 4.69) is 5.32 Å². The number of nitrogens with one attached hydrogen (secondary N) is 1. The lowest BCUT2D eigenvalue weighted by molar-refractivity contribution is -0.0578. The number of benzene rings is 1. The number of fused-ring (bicyclic) bond motifs is 1. The fourth-order valence-corrected chi connectivity index (χ4v) is 3.32. The first-order valence-electron chi connectivity index (χ1n) is 8.03. The molecule has 3 rings (SSSR count). The van der Waals surface area contributed by atoms with Crippen molar-refractivity contribution in [2.24, 2.45) is 5.92 Å². The molecular weight excluding hydrogens is 296 g/mol. The number of rotatable bonds is 2. The van der Waals surface area contributed by atoms with E-state index < -0.39 is 5.97 Å². The van der Waals surface area contributed by atoms with Crippen molar-refractivity contribution >= 4 is 17.7 Å². The summed E-state index contributed by atoms with van der Waals surface area (Å²) in [5.41, 5.74) is 1.02. The van der Waals surface area contributed by atoms with Gasteiger partial charge in [0, 0.05) is 31.3 Å². The first-order valence-corrected chi connectivity index (χ1v) is 8.03. The number of ether oxygens (including phenoxy) is 2. The van der Waals surface area contributed by atoms with E-state index in [-0.39, 0.29) is 6.03 Å². The van der Waals surface area contributed by atoms with Crippen molar-refractivity contribution in [3.8, 4) is 0 Å². The molecule has 1 aromatic carbocycles. The summed E-state index contributed by atoms with van der Waals surface area (Å²) in [5, 5.41) is 2.86. The van der Waals surface area contributed by atoms with Crippen LogP contribution in [0.2, 0.25) is 0 Å². The summed E-state index contributed by atoms with van der Waals surface area (Å²) in [4.78, 5) is 25.8. The van der Waals surface area contributed by atoms with Crippen LogP contribution in [0, 0.1) is 5.92 Å². The molecular formula is C17H22N2O4. The molecule has 6 nitrogen and oxygen atoms in total. The Labute approximate surface area is 135 Å². The molecule has 2 heterocycles. The molecule has 0 bridgehead atoms. The number of nitrogens with zero attached hydrogens (tertiary/aromatic N) is 1. The average molecular weight is 318 g/mol. The van der Waals surface area contributed by atoms with Crippen LogP contribution < -0.4 is 5.32 Å². The van der Waals surface area contributed by atoms with Gasteiger partial charge in [-0.15, -0.1) is 0 Å².